The summed E-state index contributed by atoms with van der Waals surface area (Å²) in [5, 5.41) is 0. The van der Waals surface area contributed by atoms with Crippen molar-refractivity contribution in [2.24, 2.45) is 5.92 Å². The fourth-order valence-electron chi connectivity index (χ4n) is 2.71. The average Bonchev–Trinajstić information content (AvgIpc) is 2.30. The van der Waals surface area contributed by atoms with Crippen molar-refractivity contribution in [1.82, 2.24) is 0 Å². The first-order chi connectivity index (χ1) is 7.36. The van der Waals surface area contributed by atoms with E-state index in [4.69, 9.17) is 9.47 Å². The summed E-state index contributed by atoms with van der Waals surface area (Å²) >= 11 is 0. The molecule has 0 radical (unpaired) electrons. The van der Waals surface area contributed by atoms with Gasteiger partial charge in [-0.15, -0.1) is 0 Å². The first-order valence-corrected chi connectivity index (χ1v) is 5.73. The van der Waals surface area contributed by atoms with Crippen LogP contribution in [0, 0.1) is 5.92 Å². The maximum Gasteiger partial charge on any atom is 0.203 e. The molecule has 0 bridgehead atoms. The van der Waals surface area contributed by atoms with Crippen LogP contribution in [0.25, 0.3) is 0 Å². The summed E-state index contributed by atoms with van der Waals surface area (Å²) in [6, 6.07) is 8.32. The maximum atomic E-state index is 5.88. The SMILES string of the molecule is CC1c2ccccc2OC2OCCCC21. The molecule has 2 aliphatic rings. The summed E-state index contributed by atoms with van der Waals surface area (Å²) in [7, 11) is 0. The van der Waals surface area contributed by atoms with Crippen molar-refractivity contribution in [3.05, 3.63) is 29.8 Å². The number of benzene rings is 1. The first kappa shape index (κ1) is 9.22. The molecule has 1 fully saturated rings. The van der Waals surface area contributed by atoms with Crippen molar-refractivity contribution in [3.8, 4) is 5.75 Å². The van der Waals surface area contributed by atoms with E-state index in [0.717, 1.165) is 18.8 Å². The third kappa shape index (κ3) is 1.44. The number of para-hydroxylation sites is 1. The Balaban J connectivity index is 1.98. The minimum absolute atomic E-state index is 0.0105. The van der Waals surface area contributed by atoms with Crippen LogP contribution >= 0.6 is 0 Å². The van der Waals surface area contributed by atoms with E-state index in [1.807, 2.05) is 12.1 Å². The molecule has 2 aliphatic heterocycles. The molecule has 2 heterocycles. The Morgan fingerprint density at radius 2 is 2.13 bits per heavy atom. The highest BCUT2D eigenvalue weighted by atomic mass is 16.7. The van der Waals surface area contributed by atoms with Crippen LogP contribution in [0.3, 0.4) is 0 Å². The van der Waals surface area contributed by atoms with E-state index in [1.165, 1.54) is 12.0 Å². The number of fused-ring (bicyclic) bond motifs is 2. The van der Waals surface area contributed by atoms with E-state index < -0.39 is 0 Å². The van der Waals surface area contributed by atoms with Crippen LogP contribution in [0.2, 0.25) is 0 Å². The molecule has 2 heteroatoms. The van der Waals surface area contributed by atoms with E-state index in [9.17, 15) is 0 Å². The molecule has 0 amide bonds. The number of hydrogen-bond acceptors (Lipinski definition) is 2. The third-order valence-electron chi connectivity index (χ3n) is 3.61. The Hall–Kier alpha value is -1.02. The lowest BCUT2D eigenvalue weighted by Crippen LogP contribution is -2.40. The first-order valence-electron chi connectivity index (χ1n) is 5.73. The largest absolute Gasteiger partial charge is 0.464 e. The van der Waals surface area contributed by atoms with Crippen LogP contribution in [0.5, 0.6) is 5.75 Å². The molecule has 1 aromatic carbocycles. The second-order valence-corrected chi connectivity index (χ2v) is 4.49. The molecule has 3 atom stereocenters. The molecular weight excluding hydrogens is 188 g/mol. The zero-order valence-corrected chi connectivity index (χ0v) is 8.98. The lowest BCUT2D eigenvalue weighted by molar-refractivity contribution is -0.155. The molecule has 0 aliphatic carbocycles. The zero-order chi connectivity index (χ0) is 10.3. The molecule has 1 saturated heterocycles. The normalized spacial score (nSPS) is 33.8. The van der Waals surface area contributed by atoms with Crippen LogP contribution in [-0.4, -0.2) is 12.9 Å². The van der Waals surface area contributed by atoms with Gasteiger partial charge in [0.2, 0.25) is 6.29 Å². The molecule has 2 nitrogen and oxygen atoms in total. The van der Waals surface area contributed by atoms with Gasteiger partial charge in [-0.3, -0.25) is 0 Å². The van der Waals surface area contributed by atoms with Crippen molar-refractivity contribution >= 4 is 0 Å². The van der Waals surface area contributed by atoms with Gasteiger partial charge in [0, 0.05) is 5.92 Å². The smallest absolute Gasteiger partial charge is 0.203 e. The second-order valence-electron chi connectivity index (χ2n) is 4.49. The fraction of sp³-hybridized carbons (Fsp3) is 0.538. The fourth-order valence-corrected chi connectivity index (χ4v) is 2.71. The van der Waals surface area contributed by atoms with Crippen LogP contribution in [-0.2, 0) is 4.74 Å². The minimum atomic E-state index is -0.0105. The Kier molecular flexibility index (Phi) is 2.17. The van der Waals surface area contributed by atoms with E-state index in [-0.39, 0.29) is 6.29 Å². The molecule has 3 unspecified atom stereocenters. The third-order valence-corrected chi connectivity index (χ3v) is 3.61. The monoisotopic (exact) mass is 204 g/mol. The standard InChI is InChI=1S/C13H16O2/c1-9-10-5-2-3-7-12(10)15-13-11(9)6-4-8-14-13/h2-3,5,7,9,11,13H,4,6,8H2,1H3. The van der Waals surface area contributed by atoms with Crippen LogP contribution in [0.4, 0.5) is 0 Å². The summed E-state index contributed by atoms with van der Waals surface area (Å²) in [5.74, 6) is 2.10. The van der Waals surface area contributed by atoms with Crippen molar-refractivity contribution < 1.29 is 9.47 Å². The molecule has 3 rings (SSSR count). The Morgan fingerprint density at radius 1 is 1.27 bits per heavy atom. The molecule has 15 heavy (non-hydrogen) atoms. The van der Waals surface area contributed by atoms with Gasteiger partial charge in [0.05, 0.1) is 6.61 Å². The molecule has 80 valence electrons. The minimum Gasteiger partial charge on any atom is -0.464 e. The summed E-state index contributed by atoms with van der Waals surface area (Å²) < 4.78 is 11.6. The predicted octanol–water partition coefficient (Wildman–Crippen LogP) is 2.94. The van der Waals surface area contributed by atoms with Gasteiger partial charge in [0.1, 0.15) is 5.75 Å². The predicted molar refractivity (Wildman–Crippen MR) is 57.9 cm³/mol. The molecule has 0 N–H and O–H groups in total. The summed E-state index contributed by atoms with van der Waals surface area (Å²) in [4.78, 5) is 0. The van der Waals surface area contributed by atoms with Gasteiger partial charge in [-0.25, -0.2) is 0 Å². The van der Waals surface area contributed by atoms with E-state index >= 15 is 0 Å². The molecule has 0 spiro atoms. The quantitative estimate of drug-likeness (QED) is 0.647. The van der Waals surface area contributed by atoms with Crippen molar-refractivity contribution in [3.63, 3.8) is 0 Å². The lowest BCUT2D eigenvalue weighted by Gasteiger charge is -2.40. The van der Waals surface area contributed by atoms with Crippen LogP contribution < -0.4 is 4.74 Å². The summed E-state index contributed by atoms with van der Waals surface area (Å²) in [6.07, 6.45) is 2.38. The average molecular weight is 204 g/mol. The Labute approximate surface area is 90.2 Å². The number of ether oxygens (including phenoxy) is 2. The van der Waals surface area contributed by atoms with Gasteiger partial charge < -0.3 is 9.47 Å². The van der Waals surface area contributed by atoms with Gasteiger partial charge in [0.15, 0.2) is 0 Å². The lowest BCUT2D eigenvalue weighted by atomic mass is 9.81. The highest BCUT2D eigenvalue weighted by Crippen LogP contribution is 2.43. The maximum absolute atomic E-state index is 5.88. The highest BCUT2D eigenvalue weighted by Gasteiger charge is 2.37. The van der Waals surface area contributed by atoms with Crippen LogP contribution in [0.15, 0.2) is 24.3 Å². The number of rotatable bonds is 0. The highest BCUT2D eigenvalue weighted by molar-refractivity contribution is 5.38. The van der Waals surface area contributed by atoms with Gasteiger partial charge in [-0.2, -0.15) is 0 Å². The van der Waals surface area contributed by atoms with E-state index in [2.05, 4.69) is 19.1 Å². The van der Waals surface area contributed by atoms with Crippen molar-refractivity contribution in [2.45, 2.75) is 32.0 Å². The van der Waals surface area contributed by atoms with E-state index in [0.29, 0.717) is 11.8 Å². The molecule has 0 aromatic heterocycles. The van der Waals surface area contributed by atoms with Crippen LogP contribution in [0.1, 0.15) is 31.2 Å². The Bertz CT molecular complexity index is 361. The van der Waals surface area contributed by atoms with Gasteiger partial charge in [0.25, 0.3) is 0 Å². The van der Waals surface area contributed by atoms with Gasteiger partial charge in [-0.1, -0.05) is 25.1 Å². The zero-order valence-electron chi connectivity index (χ0n) is 8.98. The Morgan fingerprint density at radius 3 is 3.07 bits per heavy atom. The molecule has 0 saturated carbocycles. The second kappa shape index (κ2) is 3.53. The topological polar surface area (TPSA) is 18.5 Å². The van der Waals surface area contributed by atoms with E-state index in [1.54, 1.807) is 0 Å². The molecular formula is C13H16O2. The summed E-state index contributed by atoms with van der Waals surface area (Å²) in [5.41, 5.74) is 1.34. The molecule has 1 aromatic rings. The summed E-state index contributed by atoms with van der Waals surface area (Å²) in [6.45, 7) is 3.13. The number of hydrogen-bond donors (Lipinski definition) is 0. The van der Waals surface area contributed by atoms with Gasteiger partial charge in [-0.05, 0) is 30.4 Å². The van der Waals surface area contributed by atoms with Crippen molar-refractivity contribution in [1.29, 1.82) is 0 Å². The van der Waals surface area contributed by atoms with Crippen molar-refractivity contribution in [2.75, 3.05) is 6.61 Å². The van der Waals surface area contributed by atoms with Gasteiger partial charge >= 0.3 is 0 Å².